The predicted molar refractivity (Wildman–Crippen MR) is 117 cm³/mol. The average molecular weight is 459 g/mol. The molecular weight excluding hydrogens is 425 g/mol. The number of nitrogens with zero attached hydrogens (tertiary/aromatic N) is 3. The maximum atomic E-state index is 4.76. The van der Waals surface area contributed by atoms with Crippen LogP contribution in [-0.2, 0) is 6.42 Å². The first-order valence-electron chi connectivity index (χ1n) is 9.39. The first-order valence-corrected chi connectivity index (χ1v) is 9.39. The van der Waals surface area contributed by atoms with Crippen LogP contribution in [0.1, 0.15) is 44.2 Å². The molecule has 2 heterocycles. The molecule has 0 unspecified atom stereocenters. The van der Waals surface area contributed by atoms with Crippen LogP contribution in [0.3, 0.4) is 0 Å². The van der Waals surface area contributed by atoms with Crippen molar-refractivity contribution in [1.29, 1.82) is 0 Å². The standard InChI is InChI=1S/C19H33N5.HI/c1-4-12-24-13-8-18(9-14-24)23-19(21-5-2)22-11-7-17-6-10-20-15-16(17)3;/h6,10,15,18H,4-5,7-9,11-14H2,1-3H3,(H2,21,22,23);1H. The zero-order chi connectivity index (χ0) is 17.2. The Balaban J connectivity index is 0.00000312. The van der Waals surface area contributed by atoms with Crippen molar-refractivity contribution in [2.45, 2.75) is 52.5 Å². The molecule has 142 valence electrons. The minimum atomic E-state index is 0. The Hall–Kier alpha value is -0.890. The summed E-state index contributed by atoms with van der Waals surface area (Å²) in [5.41, 5.74) is 2.58. The highest BCUT2D eigenvalue weighted by Crippen LogP contribution is 2.10. The molecular formula is C19H34IN5. The molecule has 2 rings (SSSR count). The first-order chi connectivity index (χ1) is 11.7. The summed E-state index contributed by atoms with van der Waals surface area (Å²) in [6.07, 6.45) is 8.39. The second-order valence-electron chi connectivity index (χ2n) is 6.57. The van der Waals surface area contributed by atoms with E-state index >= 15 is 0 Å². The number of hydrogen-bond acceptors (Lipinski definition) is 3. The summed E-state index contributed by atoms with van der Waals surface area (Å²) >= 11 is 0. The summed E-state index contributed by atoms with van der Waals surface area (Å²) in [4.78, 5) is 11.5. The van der Waals surface area contributed by atoms with E-state index in [1.165, 1.54) is 50.0 Å². The Bertz CT molecular complexity index is 512. The van der Waals surface area contributed by atoms with Gasteiger partial charge in [0.05, 0.1) is 0 Å². The van der Waals surface area contributed by atoms with Crippen LogP contribution in [0.2, 0.25) is 0 Å². The minimum Gasteiger partial charge on any atom is -0.357 e. The molecule has 5 nitrogen and oxygen atoms in total. The van der Waals surface area contributed by atoms with Crippen molar-refractivity contribution < 1.29 is 0 Å². The van der Waals surface area contributed by atoms with E-state index in [0.717, 1.165) is 25.5 Å². The summed E-state index contributed by atoms with van der Waals surface area (Å²) in [5, 5.41) is 7.00. The number of hydrogen-bond donors (Lipinski definition) is 2. The van der Waals surface area contributed by atoms with Crippen LogP contribution >= 0.6 is 24.0 Å². The van der Waals surface area contributed by atoms with Crippen LogP contribution in [0.5, 0.6) is 0 Å². The van der Waals surface area contributed by atoms with Crippen LogP contribution in [0.25, 0.3) is 0 Å². The third-order valence-corrected chi connectivity index (χ3v) is 4.60. The van der Waals surface area contributed by atoms with Crippen LogP contribution in [0.4, 0.5) is 0 Å². The molecule has 0 aromatic carbocycles. The fourth-order valence-electron chi connectivity index (χ4n) is 3.20. The number of aromatic nitrogens is 1. The lowest BCUT2D eigenvalue weighted by atomic mass is 10.1. The van der Waals surface area contributed by atoms with Gasteiger partial charge in [-0.3, -0.25) is 9.98 Å². The van der Waals surface area contributed by atoms with Crippen molar-refractivity contribution in [3.05, 3.63) is 29.6 Å². The van der Waals surface area contributed by atoms with Crippen LogP contribution in [0.15, 0.2) is 23.5 Å². The van der Waals surface area contributed by atoms with Crippen LogP contribution in [0, 0.1) is 6.92 Å². The fraction of sp³-hybridized carbons (Fsp3) is 0.684. The Morgan fingerprint density at radius 2 is 2.08 bits per heavy atom. The number of pyridine rings is 1. The second-order valence-corrected chi connectivity index (χ2v) is 6.57. The molecule has 0 aliphatic carbocycles. The number of nitrogens with one attached hydrogen (secondary N) is 2. The molecule has 0 atom stereocenters. The normalized spacial score (nSPS) is 16.4. The molecule has 0 saturated carbocycles. The summed E-state index contributed by atoms with van der Waals surface area (Å²) < 4.78 is 0. The number of guanidine groups is 1. The molecule has 0 bridgehead atoms. The van der Waals surface area contributed by atoms with Gasteiger partial charge in [-0.1, -0.05) is 6.92 Å². The predicted octanol–water partition coefficient (Wildman–Crippen LogP) is 2.98. The lowest BCUT2D eigenvalue weighted by Crippen LogP contribution is -2.48. The van der Waals surface area contributed by atoms with E-state index in [9.17, 15) is 0 Å². The number of rotatable bonds is 7. The van der Waals surface area contributed by atoms with Crippen molar-refractivity contribution in [3.8, 4) is 0 Å². The topological polar surface area (TPSA) is 52.5 Å². The van der Waals surface area contributed by atoms with Gasteiger partial charge in [-0.15, -0.1) is 24.0 Å². The summed E-state index contributed by atoms with van der Waals surface area (Å²) in [7, 11) is 0. The third kappa shape index (κ3) is 7.90. The highest BCUT2D eigenvalue weighted by molar-refractivity contribution is 14.0. The van der Waals surface area contributed by atoms with Crippen molar-refractivity contribution >= 4 is 29.9 Å². The van der Waals surface area contributed by atoms with E-state index in [4.69, 9.17) is 4.99 Å². The average Bonchev–Trinajstić information content (AvgIpc) is 2.59. The molecule has 1 aliphatic rings. The fourth-order valence-corrected chi connectivity index (χ4v) is 3.20. The molecule has 0 amide bonds. The van der Waals surface area contributed by atoms with Crippen molar-refractivity contribution in [1.82, 2.24) is 20.5 Å². The molecule has 1 fully saturated rings. The third-order valence-electron chi connectivity index (χ3n) is 4.60. The molecule has 1 aliphatic heterocycles. The quantitative estimate of drug-likeness (QED) is 0.374. The van der Waals surface area contributed by atoms with E-state index in [2.05, 4.69) is 47.4 Å². The Labute approximate surface area is 170 Å². The Kier molecular flexibility index (Phi) is 11.0. The van der Waals surface area contributed by atoms with Crippen LogP contribution in [-0.4, -0.2) is 54.6 Å². The van der Waals surface area contributed by atoms with Gasteiger partial charge < -0.3 is 15.5 Å². The van der Waals surface area contributed by atoms with Gasteiger partial charge in [0, 0.05) is 44.6 Å². The summed E-state index contributed by atoms with van der Waals surface area (Å²) in [6, 6.07) is 2.63. The highest BCUT2D eigenvalue weighted by atomic mass is 127. The van der Waals surface area contributed by atoms with E-state index in [0.29, 0.717) is 6.04 Å². The number of likely N-dealkylation sites (tertiary alicyclic amines) is 1. The Morgan fingerprint density at radius 1 is 1.32 bits per heavy atom. The largest absolute Gasteiger partial charge is 0.357 e. The van der Waals surface area contributed by atoms with Gasteiger partial charge in [0.1, 0.15) is 0 Å². The number of halogens is 1. The van der Waals surface area contributed by atoms with Gasteiger partial charge in [-0.05, 0) is 63.3 Å². The highest BCUT2D eigenvalue weighted by Gasteiger charge is 2.19. The molecule has 2 N–H and O–H groups in total. The van der Waals surface area contributed by atoms with Crippen molar-refractivity contribution in [3.63, 3.8) is 0 Å². The van der Waals surface area contributed by atoms with E-state index in [1.807, 2.05) is 12.4 Å². The molecule has 1 saturated heterocycles. The van der Waals surface area contributed by atoms with Gasteiger partial charge >= 0.3 is 0 Å². The molecule has 0 spiro atoms. The maximum Gasteiger partial charge on any atom is 0.191 e. The SMILES string of the molecule is CCCN1CCC(NC(=NCCc2ccncc2C)NCC)CC1.I. The maximum absolute atomic E-state index is 4.76. The molecule has 0 radical (unpaired) electrons. The van der Waals surface area contributed by atoms with Gasteiger partial charge in [0.25, 0.3) is 0 Å². The van der Waals surface area contributed by atoms with Crippen LogP contribution < -0.4 is 10.6 Å². The lowest BCUT2D eigenvalue weighted by Gasteiger charge is -2.32. The zero-order valence-corrected chi connectivity index (χ0v) is 18.3. The number of aryl methyl sites for hydroxylation is 1. The number of piperidine rings is 1. The van der Waals surface area contributed by atoms with Gasteiger partial charge in [-0.25, -0.2) is 0 Å². The van der Waals surface area contributed by atoms with E-state index < -0.39 is 0 Å². The first kappa shape index (κ1) is 22.2. The van der Waals surface area contributed by atoms with Gasteiger partial charge in [0.2, 0.25) is 0 Å². The molecule has 25 heavy (non-hydrogen) atoms. The zero-order valence-electron chi connectivity index (χ0n) is 15.9. The van der Waals surface area contributed by atoms with E-state index in [1.54, 1.807) is 0 Å². The van der Waals surface area contributed by atoms with Crippen molar-refractivity contribution in [2.75, 3.05) is 32.7 Å². The van der Waals surface area contributed by atoms with Gasteiger partial charge in [0.15, 0.2) is 5.96 Å². The molecule has 1 aromatic heterocycles. The van der Waals surface area contributed by atoms with Gasteiger partial charge in [-0.2, -0.15) is 0 Å². The molecule has 6 heteroatoms. The van der Waals surface area contributed by atoms with E-state index in [-0.39, 0.29) is 24.0 Å². The number of aliphatic imine (C=N–C) groups is 1. The lowest BCUT2D eigenvalue weighted by molar-refractivity contribution is 0.206. The molecule has 1 aromatic rings. The minimum absolute atomic E-state index is 0. The summed E-state index contributed by atoms with van der Waals surface area (Å²) in [6.45, 7) is 11.8. The monoisotopic (exact) mass is 459 g/mol. The Morgan fingerprint density at radius 3 is 2.72 bits per heavy atom. The second kappa shape index (κ2) is 12.5. The van der Waals surface area contributed by atoms with Crippen molar-refractivity contribution in [2.24, 2.45) is 4.99 Å². The summed E-state index contributed by atoms with van der Waals surface area (Å²) in [5.74, 6) is 0.957. The smallest absolute Gasteiger partial charge is 0.191 e.